The largest absolute Gasteiger partial charge is 0.340 e. The van der Waals surface area contributed by atoms with Crippen LogP contribution in [0.3, 0.4) is 0 Å². The minimum absolute atomic E-state index is 0.115. The number of nitrogens with one attached hydrogen (secondary N) is 2. The van der Waals surface area contributed by atoms with Crippen molar-refractivity contribution < 1.29 is 9.59 Å². The number of fused-ring (bicyclic) bond motifs is 3. The van der Waals surface area contributed by atoms with E-state index in [4.69, 9.17) is 4.98 Å². The third kappa shape index (κ3) is 4.85. The van der Waals surface area contributed by atoms with Gasteiger partial charge in [-0.3, -0.25) is 14.5 Å². The lowest BCUT2D eigenvalue weighted by Crippen LogP contribution is -2.47. The third-order valence-corrected chi connectivity index (χ3v) is 7.02. The predicted molar refractivity (Wildman–Crippen MR) is 136 cm³/mol. The number of nitrogens with zero attached hydrogens (tertiary/aromatic N) is 4. The highest BCUT2D eigenvalue weighted by Crippen LogP contribution is 2.32. The Hall–Kier alpha value is -3.56. The van der Waals surface area contributed by atoms with Gasteiger partial charge in [-0.15, -0.1) is 11.3 Å². The van der Waals surface area contributed by atoms with E-state index < -0.39 is 0 Å². The van der Waals surface area contributed by atoms with E-state index in [1.54, 1.807) is 18.3 Å². The molecule has 2 N–H and O–H groups in total. The summed E-state index contributed by atoms with van der Waals surface area (Å²) in [5, 5.41) is 8.15. The number of piperazine rings is 1. The van der Waals surface area contributed by atoms with Crippen LogP contribution in [0.25, 0.3) is 21.0 Å². The SMILES string of the molecule is CC(=O)Nc1cccc(Nc2ncc3ccc4sc(CN5CCN(C(C)=O)CC5)cc4c3n2)c1. The Morgan fingerprint density at radius 2 is 1.82 bits per heavy atom. The van der Waals surface area contributed by atoms with Crippen molar-refractivity contribution in [3.63, 3.8) is 0 Å². The molecule has 1 aliphatic heterocycles. The lowest BCUT2D eigenvalue weighted by molar-refractivity contribution is -0.130. The normalized spacial score (nSPS) is 14.5. The molecule has 8 nitrogen and oxygen atoms in total. The van der Waals surface area contributed by atoms with Crippen LogP contribution in [-0.4, -0.2) is 57.8 Å². The summed E-state index contributed by atoms with van der Waals surface area (Å²) in [4.78, 5) is 37.8. The maximum Gasteiger partial charge on any atom is 0.227 e. The van der Waals surface area contributed by atoms with Gasteiger partial charge in [0.05, 0.1) is 5.52 Å². The van der Waals surface area contributed by atoms with Crippen LogP contribution >= 0.6 is 11.3 Å². The van der Waals surface area contributed by atoms with Gasteiger partial charge in [-0.2, -0.15) is 0 Å². The smallest absolute Gasteiger partial charge is 0.227 e. The van der Waals surface area contributed by atoms with Gasteiger partial charge in [-0.25, -0.2) is 9.97 Å². The van der Waals surface area contributed by atoms with Gasteiger partial charge in [-0.1, -0.05) is 6.07 Å². The van der Waals surface area contributed by atoms with Crippen LogP contribution in [0.15, 0.2) is 48.7 Å². The van der Waals surface area contributed by atoms with Gasteiger partial charge in [-0.05, 0) is 36.4 Å². The van der Waals surface area contributed by atoms with Gasteiger partial charge in [0.1, 0.15) is 0 Å². The zero-order valence-corrected chi connectivity index (χ0v) is 20.0. The quantitative estimate of drug-likeness (QED) is 0.450. The molecule has 34 heavy (non-hydrogen) atoms. The maximum atomic E-state index is 11.6. The molecule has 0 atom stereocenters. The molecular weight excluding hydrogens is 448 g/mol. The molecule has 1 aliphatic rings. The topological polar surface area (TPSA) is 90.5 Å². The monoisotopic (exact) mass is 474 g/mol. The van der Waals surface area contributed by atoms with Gasteiger partial charge in [0.2, 0.25) is 17.8 Å². The number of thiophene rings is 1. The number of rotatable bonds is 5. The number of aromatic nitrogens is 2. The number of carbonyl (C=O) groups is 2. The van der Waals surface area contributed by atoms with Gasteiger partial charge in [0.15, 0.2) is 0 Å². The van der Waals surface area contributed by atoms with E-state index in [2.05, 4.69) is 38.7 Å². The molecule has 2 aromatic heterocycles. The van der Waals surface area contributed by atoms with Crippen molar-refractivity contribution in [3.05, 3.63) is 53.5 Å². The summed E-state index contributed by atoms with van der Waals surface area (Å²) in [7, 11) is 0. The molecule has 174 valence electrons. The van der Waals surface area contributed by atoms with Crippen LogP contribution in [0.5, 0.6) is 0 Å². The van der Waals surface area contributed by atoms with Crippen molar-refractivity contribution in [3.8, 4) is 0 Å². The highest BCUT2D eigenvalue weighted by atomic mass is 32.1. The van der Waals surface area contributed by atoms with Gasteiger partial charge in [0.25, 0.3) is 0 Å². The molecule has 0 saturated carbocycles. The van der Waals surface area contributed by atoms with Crippen LogP contribution in [0.1, 0.15) is 18.7 Å². The fraction of sp³-hybridized carbons (Fsp3) is 0.280. The number of anilines is 3. The Balaban J connectivity index is 1.37. The first-order chi connectivity index (χ1) is 16.4. The summed E-state index contributed by atoms with van der Waals surface area (Å²) in [6.07, 6.45) is 1.83. The molecule has 0 radical (unpaired) electrons. The molecule has 0 spiro atoms. The Morgan fingerprint density at radius 1 is 1.03 bits per heavy atom. The second kappa shape index (κ2) is 9.36. The summed E-state index contributed by atoms with van der Waals surface area (Å²) in [6.45, 7) is 7.35. The third-order valence-electron chi connectivity index (χ3n) is 5.93. The van der Waals surface area contributed by atoms with E-state index in [9.17, 15) is 9.59 Å². The fourth-order valence-electron chi connectivity index (χ4n) is 4.25. The Labute approximate surface area is 201 Å². The summed E-state index contributed by atoms with van der Waals surface area (Å²) < 4.78 is 1.20. The number of carbonyl (C=O) groups excluding carboxylic acids is 2. The molecular formula is C25H26N6O2S. The molecule has 2 aromatic carbocycles. The summed E-state index contributed by atoms with van der Waals surface area (Å²) >= 11 is 1.79. The highest BCUT2D eigenvalue weighted by molar-refractivity contribution is 7.19. The molecule has 4 aromatic rings. The van der Waals surface area contributed by atoms with E-state index in [-0.39, 0.29) is 11.8 Å². The van der Waals surface area contributed by atoms with E-state index in [0.29, 0.717) is 11.6 Å². The molecule has 0 unspecified atom stereocenters. The van der Waals surface area contributed by atoms with Crippen molar-refractivity contribution in [2.24, 2.45) is 0 Å². The van der Waals surface area contributed by atoms with Gasteiger partial charge >= 0.3 is 0 Å². The summed E-state index contributed by atoms with van der Waals surface area (Å²) in [5.41, 5.74) is 2.43. The number of hydrogen-bond donors (Lipinski definition) is 2. The minimum atomic E-state index is -0.115. The molecule has 1 fully saturated rings. The first-order valence-corrected chi connectivity index (χ1v) is 12.1. The first kappa shape index (κ1) is 22.2. The predicted octanol–water partition coefficient (Wildman–Crippen LogP) is 4.21. The molecule has 5 rings (SSSR count). The first-order valence-electron chi connectivity index (χ1n) is 11.3. The van der Waals surface area contributed by atoms with Crippen molar-refractivity contribution >= 4 is 61.5 Å². The number of amides is 2. The van der Waals surface area contributed by atoms with Crippen molar-refractivity contribution in [2.75, 3.05) is 36.8 Å². The van der Waals surface area contributed by atoms with Gasteiger partial charge in [0, 0.05) is 84.5 Å². The zero-order chi connectivity index (χ0) is 23.7. The second-order valence-electron chi connectivity index (χ2n) is 8.49. The zero-order valence-electron chi connectivity index (χ0n) is 19.2. The summed E-state index contributed by atoms with van der Waals surface area (Å²) in [6, 6.07) is 13.9. The van der Waals surface area contributed by atoms with Crippen molar-refractivity contribution in [2.45, 2.75) is 20.4 Å². The molecule has 2 amide bonds. The molecule has 9 heteroatoms. The van der Waals surface area contributed by atoms with E-state index in [1.165, 1.54) is 16.5 Å². The fourth-order valence-corrected chi connectivity index (χ4v) is 5.36. The lowest BCUT2D eigenvalue weighted by Gasteiger charge is -2.33. The van der Waals surface area contributed by atoms with Crippen molar-refractivity contribution in [1.29, 1.82) is 0 Å². The molecule has 3 heterocycles. The molecule has 1 saturated heterocycles. The molecule has 0 bridgehead atoms. The van der Waals surface area contributed by atoms with E-state index >= 15 is 0 Å². The number of hydrogen-bond acceptors (Lipinski definition) is 7. The average molecular weight is 475 g/mol. The van der Waals surface area contributed by atoms with Crippen LogP contribution < -0.4 is 10.6 Å². The maximum absolute atomic E-state index is 11.6. The Kier molecular flexibility index (Phi) is 6.12. The van der Waals surface area contributed by atoms with Crippen LogP contribution in [0.2, 0.25) is 0 Å². The van der Waals surface area contributed by atoms with Crippen LogP contribution in [0.4, 0.5) is 17.3 Å². The van der Waals surface area contributed by atoms with Gasteiger partial charge < -0.3 is 15.5 Å². The molecule has 0 aliphatic carbocycles. The van der Waals surface area contributed by atoms with Crippen LogP contribution in [-0.2, 0) is 16.1 Å². The Morgan fingerprint density at radius 3 is 2.59 bits per heavy atom. The standard InChI is InChI=1S/C25H26N6O2S/c1-16(32)27-19-4-3-5-20(12-19)28-25-26-14-18-6-7-23-22(24(18)29-25)13-21(34-23)15-30-8-10-31(11-9-30)17(2)33/h3-7,12-14H,8-11,15H2,1-2H3,(H,27,32)(H,26,28,29). The minimum Gasteiger partial charge on any atom is -0.340 e. The van der Waals surface area contributed by atoms with E-state index in [1.807, 2.05) is 35.4 Å². The van der Waals surface area contributed by atoms with Crippen molar-refractivity contribution in [1.82, 2.24) is 19.8 Å². The Bertz CT molecular complexity index is 1380. The summed E-state index contributed by atoms with van der Waals surface area (Å²) in [5.74, 6) is 0.544. The van der Waals surface area contributed by atoms with E-state index in [0.717, 1.165) is 54.7 Å². The van der Waals surface area contributed by atoms with Crippen LogP contribution in [0, 0.1) is 0 Å². The average Bonchev–Trinajstić information content (AvgIpc) is 3.22. The highest BCUT2D eigenvalue weighted by Gasteiger charge is 2.19. The lowest BCUT2D eigenvalue weighted by atomic mass is 10.1. The number of benzene rings is 2. The second-order valence-corrected chi connectivity index (χ2v) is 9.66.